The van der Waals surface area contributed by atoms with Gasteiger partial charge in [0, 0.05) is 18.1 Å². The third-order valence-corrected chi connectivity index (χ3v) is 1.78. The van der Waals surface area contributed by atoms with Crippen LogP contribution >= 0.6 is 0 Å². The highest BCUT2D eigenvalue weighted by molar-refractivity contribution is 5.95. The van der Waals surface area contributed by atoms with Crippen LogP contribution in [0.15, 0.2) is 0 Å². The van der Waals surface area contributed by atoms with Crippen molar-refractivity contribution < 1.29 is 4.79 Å². The van der Waals surface area contributed by atoms with E-state index < -0.39 is 0 Å². The van der Waals surface area contributed by atoms with Crippen LogP contribution in [0.2, 0.25) is 0 Å². The van der Waals surface area contributed by atoms with E-state index in [9.17, 15) is 4.79 Å². The van der Waals surface area contributed by atoms with Crippen molar-refractivity contribution in [1.29, 1.82) is 5.41 Å². The number of carbonyl (C=O) groups excluding carboxylic acids is 1. The van der Waals surface area contributed by atoms with E-state index in [2.05, 4.69) is 0 Å². The first-order valence-corrected chi connectivity index (χ1v) is 3.29. The zero-order valence-corrected chi connectivity index (χ0v) is 5.61. The molecule has 0 heterocycles. The maximum absolute atomic E-state index is 10.8. The fourth-order valence-corrected chi connectivity index (χ4v) is 1.11. The minimum absolute atomic E-state index is 0.117. The van der Waals surface area contributed by atoms with E-state index >= 15 is 0 Å². The smallest absolute Gasteiger partial charge is 0.136 e. The summed E-state index contributed by atoms with van der Waals surface area (Å²) in [5.41, 5.74) is 0.738. The van der Waals surface area contributed by atoms with Crippen molar-refractivity contribution in [3.8, 4) is 0 Å². The van der Waals surface area contributed by atoms with Gasteiger partial charge in [0.05, 0.1) is 0 Å². The van der Waals surface area contributed by atoms with Gasteiger partial charge in [0.2, 0.25) is 0 Å². The van der Waals surface area contributed by atoms with Crippen molar-refractivity contribution in [2.45, 2.75) is 26.2 Å². The summed E-state index contributed by atoms with van der Waals surface area (Å²) in [5, 5.41) is 7.26. The molecule has 50 valence electrons. The predicted octanol–water partition coefficient (Wildman–Crippen LogP) is 1.40. The lowest BCUT2D eigenvalue weighted by Crippen LogP contribution is -2.21. The number of hydrogen-bond donors (Lipinski definition) is 1. The summed E-state index contributed by atoms with van der Waals surface area (Å²) in [6, 6.07) is 0. The highest BCUT2D eigenvalue weighted by Gasteiger charge is 2.20. The molecule has 1 aliphatic rings. The molecule has 0 bridgehead atoms. The molecule has 0 radical (unpaired) electrons. The second-order valence-electron chi connectivity index (χ2n) is 2.68. The summed E-state index contributed by atoms with van der Waals surface area (Å²) in [5.74, 6) is 0.442. The molecule has 1 atom stereocenters. The molecular weight excluding hydrogens is 114 g/mol. The van der Waals surface area contributed by atoms with Crippen LogP contribution in [0.3, 0.4) is 0 Å². The van der Waals surface area contributed by atoms with Gasteiger partial charge < -0.3 is 5.41 Å². The van der Waals surface area contributed by atoms with Crippen LogP contribution in [0, 0.1) is 11.3 Å². The van der Waals surface area contributed by atoms with Crippen molar-refractivity contribution in [2.24, 2.45) is 5.92 Å². The van der Waals surface area contributed by atoms with Crippen LogP contribution in [0.5, 0.6) is 0 Å². The number of Topliss-reactive ketones (excluding diaryl/α,β-unsaturated/α-hetero) is 1. The number of nitrogens with one attached hydrogen (secondary N) is 1. The molecule has 1 unspecified atom stereocenters. The third-order valence-electron chi connectivity index (χ3n) is 1.78. The van der Waals surface area contributed by atoms with Crippen molar-refractivity contribution in [1.82, 2.24) is 0 Å². The monoisotopic (exact) mass is 125 g/mol. The molecule has 0 aliphatic heterocycles. The topological polar surface area (TPSA) is 40.9 Å². The van der Waals surface area contributed by atoms with E-state index in [1.54, 1.807) is 0 Å². The van der Waals surface area contributed by atoms with Gasteiger partial charge in [-0.3, -0.25) is 4.79 Å². The van der Waals surface area contributed by atoms with Crippen LogP contribution in [0.4, 0.5) is 0 Å². The Hall–Kier alpha value is -0.660. The van der Waals surface area contributed by atoms with E-state index in [1.807, 2.05) is 6.92 Å². The number of ketones is 1. The lowest BCUT2D eigenvalue weighted by atomic mass is 9.88. The summed E-state index contributed by atoms with van der Waals surface area (Å²) in [7, 11) is 0. The highest BCUT2D eigenvalue weighted by atomic mass is 16.1. The molecule has 1 saturated carbocycles. The first-order valence-electron chi connectivity index (χ1n) is 3.29. The van der Waals surface area contributed by atoms with Crippen molar-refractivity contribution in [3.63, 3.8) is 0 Å². The zero-order valence-electron chi connectivity index (χ0n) is 5.61. The first kappa shape index (κ1) is 6.46. The second-order valence-corrected chi connectivity index (χ2v) is 2.68. The molecule has 2 nitrogen and oxygen atoms in total. The summed E-state index contributed by atoms with van der Waals surface area (Å²) in [6.07, 6.45) is 1.99. The van der Waals surface area contributed by atoms with E-state index in [4.69, 9.17) is 5.41 Å². The summed E-state index contributed by atoms with van der Waals surface area (Å²) >= 11 is 0. The molecule has 2 heteroatoms. The number of carbonyl (C=O) groups is 1. The molecule has 1 fully saturated rings. The standard InChI is InChI=1S/C7H11NO/c1-5-4-6(8)2-3-7(5)9/h5,8H,2-4H2,1H3. The molecular formula is C7H11NO. The minimum atomic E-state index is 0.117. The highest BCUT2D eigenvalue weighted by Crippen LogP contribution is 2.16. The Morgan fingerprint density at radius 1 is 1.56 bits per heavy atom. The maximum Gasteiger partial charge on any atom is 0.136 e. The van der Waals surface area contributed by atoms with Crippen LogP contribution in [0.25, 0.3) is 0 Å². The molecule has 1 aliphatic carbocycles. The zero-order chi connectivity index (χ0) is 6.85. The van der Waals surface area contributed by atoms with E-state index in [1.165, 1.54) is 0 Å². The fraction of sp³-hybridized carbons (Fsp3) is 0.714. The molecule has 0 spiro atoms. The Balaban J connectivity index is 2.54. The van der Waals surface area contributed by atoms with E-state index in [0.717, 1.165) is 5.71 Å². The second kappa shape index (κ2) is 2.29. The average molecular weight is 125 g/mol. The molecule has 0 aromatic heterocycles. The van der Waals surface area contributed by atoms with Gasteiger partial charge >= 0.3 is 0 Å². The lowest BCUT2D eigenvalue weighted by molar-refractivity contribution is -0.122. The minimum Gasteiger partial charge on any atom is -0.310 e. The van der Waals surface area contributed by atoms with Crippen LogP contribution in [-0.4, -0.2) is 11.5 Å². The Morgan fingerprint density at radius 3 is 2.67 bits per heavy atom. The largest absolute Gasteiger partial charge is 0.310 e. The molecule has 9 heavy (non-hydrogen) atoms. The Kier molecular flexibility index (Phi) is 1.65. The average Bonchev–Trinajstić information content (AvgIpc) is 1.80. The third kappa shape index (κ3) is 1.37. The van der Waals surface area contributed by atoms with Gasteiger partial charge in [0.15, 0.2) is 0 Å². The number of rotatable bonds is 0. The van der Waals surface area contributed by atoms with Crippen LogP contribution in [0.1, 0.15) is 26.2 Å². The SMILES string of the molecule is CC1CC(=N)CCC1=O. The van der Waals surface area contributed by atoms with Gasteiger partial charge in [-0.15, -0.1) is 0 Å². The Labute approximate surface area is 54.8 Å². The summed E-state index contributed by atoms with van der Waals surface area (Å²) < 4.78 is 0. The predicted molar refractivity (Wildman–Crippen MR) is 35.7 cm³/mol. The normalized spacial score (nSPS) is 28.8. The van der Waals surface area contributed by atoms with Crippen molar-refractivity contribution >= 4 is 11.5 Å². The lowest BCUT2D eigenvalue weighted by Gasteiger charge is -2.16. The number of hydrogen-bond acceptors (Lipinski definition) is 2. The van der Waals surface area contributed by atoms with Gasteiger partial charge in [0.25, 0.3) is 0 Å². The summed E-state index contributed by atoms with van der Waals surface area (Å²) in [6.45, 7) is 1.90. The van der Waals surface area contributed by atoms with Crippen LogP contribution < -0.4 is 0 Å². The van der Waals surface area contributed by atoms with Crippen molar-refractivity contribution in [2.75, 3.05) is 0 Å². The van der Waals surface area contributed by atoms with E-state index in [0.29, 0.717) is 25.0 Å². The molecule has 0 amide bonds. The van der Waals surface area contributed by atoms with Gasteiger partial charge in [0.1, 0.15) is 5.78 Å². The Morgan fingerprint density at radius 2 is 2.22 bits per heavy atom. The molecule has 1 N–H and O–H groups in total. The van der Waals surface area contributed by atoms with Gasteiger partial charge in [-0.05, 0) is 12.8 Å². The van der Waals surface area contributed by atoms with Crippen molar-refractivity contribution in [3.05, 3.63) is 0 Å². The fourth-order valence-electron chi connectivity index (χ4n) is 1.11. The van der Waals surface area contributed by atoms with E-state index in [-0.39, 0.29) is 5.92 Å². The molecule has 0 saturated heterocycles. The molecule has 0 aromatic carbocycles. The Bertz CT molecular complexity index is 151. The van der Waals surface area contributed by atoms with Gasteiger partial charge in [-0.2, -0.15) is 0 Å². The van der Waals surface area contributed by atoms with Gasteiger partial charge in [-0.1, -0.05) is 6.92 Å². The van der Waals surface area contributed by atoms with Crippen LogP contribution in [-0.2, 0) is 4.79 Å². The van der Waals surface area contributed by atoms with Gasteiger partial charge in [-0.25, -0.2) is 0 Å². The first-order chi connectivity index (χ1) is 4.20. The maximum atomic E-state index is 10.8. The molecule has 1 rings (SSSR count). The molecule has 0 aromatic rings. The summed E-state index contributed by atoms with van der Waals surface area (Å²) in [4.78, 5) is 10.8. The quantitative estimate of drug-likeness (QED) is 0.522.